The van der Waals surface area contributed by atoms with Crippen LogP contribution in [-0.4, -0.2) is 36.1 Å². The summed E-state index contributed by atoms with van der Waals surface area (Å²) in [6.07, 6.45) is 0.0770. The summed E-state index contributed by atoms with van der Waals surface area (Å²) in [5.74, 6) is -0.0242. The van der Waals surface area contributed by atoms with Gasteiger partial charge in [0.05, 0.1) is 18.8 Å². The first-order chi connectivity index (χ1) is 8.59. The highest BCUT2D eigenvalue weighted by molar-refractivity contribution is 5.83. The van der Waals surface area contributed by atoms with Crippen molar-refractivity contribution in [3.05, 3.63) is 35.9 Å². The van der Waals surface area contributed by atoms with Crippen molar-refractivity contribution in [3.8, 4) is 0 Å². The van der Waals surface area contributed by atoms with Crippen LogP contribution in [0.1, 0.15) is 25.5 Å². The Kier molecular flexibility index (Phi) is 3.99. The second-order valence-electron chi connectivity index (χ2n) is 4.87. The fourth-order valence-electron chi connectivity index (χ4n) is 2.19. The van der Waals surface area contributed by atoms with E-state index in [2.05, 4.69) is 0 Å². The summed E-state index contributed by atoms with van der Waals surface area (Å²) in [6.45, 7) is 5.15. The monoisotopic (exact) mass is 248 g/mol. The number of ether oxygens (including phenoxy) is 1. The van der Waals surface area contributed by atoms with Gasteiger partial charge in [0, 0.05) is 6.54 Å². The van der Waals surface area contributed by atoms with Gasteiger partial charge in [-0.15, -0.1) is 0 Å². The standard InChI is InChI=1S/C14H20N2O2/c1-10-9-18-11(2)8-16(10)14(17)13(15)12-6-4-3-5-7-12/h3-7,10-11,13H,8-9,15H2,1-2H3/t10?,11?,13-/m0/s1. The fourth-order valence-corrected chi connectivity index (χ4v) is 2.19. The first kappa shape index (κ1) is 13.1. The van der Waals surface area contributed by atoms with Gasteiger partial charge >= 0.3 is 0 Å². The zero-order valence-electron chi connectivity index (χ0n) is 10.9. The zero-order chi connectivity index (χ0) is 13.1. The van der Waals surface area contributed by atoms with Crippen LogP contribution in [0.25, 0.3) is 0 Å². The van der Waals surface area contributed by atoms with Crippen molar-refractivity contribution < 1.29 is 9.53 Å². The van der Waals surface area contributed by atoms with E-state index in [-0.39, 0.29) is 18.1 Å². The highest BCUT2D eigenvalue weighted by Gasteiger charge is 2.31. The van der Waals surface area contributed by atoms with Crippen LogP contribution < -0.4 is 5.73 Å². The van der Waals surface area contributed by atoms with Crippen LogP contribution in [0.15, 0.2) is 30.3 Å². The number of nitrogens with two attached hydrogens (primary N) is 1. The van der Waals surface area contributed by atoms with E-state index >= 15 is 0 Å². The Morgan fingerprint density at radius 1 is 1.39 bits per heavy atom. The molecule has 4 heteroatoms. The van der Waals surface area contributed by atoms with Gasteiger partial charge in [-0.3, -0.25) is 4.79 Å². The molecule has 0 bridgehead atoms. The van der Waals surface area contributed by atoms with Crippen LogP contribution >= 0.6 is 0 Å². The van der Waals surface area contributed by atoms with Gasteiger partial charge in [0.1, 0.15) is 6.04 Å². The molecule has 4 nitrogen and oxygen atoms in total. The maximum absolute atomic E-state index is 12.4. The number of rotatable bonds is 2. The third kappa shape index (κ3) is 2.71. The summed E-state index contributed by atoms with van der Waals surface area (Å²) in [4.78, 5) is 14.2. The second-order valence-corrected chi connectivity index (χ2v) is 4.87. The average molecular weight is 248 g/mol. The number of amides is 1. The van der Waals surface area contributed by atoms with Gasteiger partial charge in [-0.05, 0) is 19.4 Å². The normalized spacial score (nSPS) is 25.8. The van der Waals surface area contributed by atoms with Gasteiger partial charge < -0.3 is 15.4 Å². The number of carbonyl (C=O) groups is 1. The van der Waals surface area contributed by atoms with Gasteiger partial charge in [0.2, 0.25) is 5.91 Å². The number of hydrogen-bond donors (Lipinski definition) is 1. The smallest absolute Gasteiger partial charge is 0.244 e. The van der Waals surface area contributed by atoms with E-state index in [1.54, 1.807) is 0 Å². The predicted octanol–water partition coefficient (Wildman–Crippen LogP) is 1.32. The van der Waals surface area contributed by atoms with Crippen LogP contribution in [-0.2, 0) is 9.53 Å². The Hall–Kier alpha value is -1.39. The largest absolute Gasteiger partial charge is 0.375 e. The second kappa shape index (κ2) is 5.50. The number of nitrogens with zero attached hydrogens (tertiary/aromatic N) is 1. The molecule has 18 heavy (non-hydrogen) atoms. The number of morpholine rings is 1. The molecule has 0 spiro atoms. The maximum Gasteiger partial charge on any atom is 0.244 e. The van der Waals surface area contributed by atoms with Gasteiger partial charge in [0.25, 0.3) is 0 Å². The molecule has 1 heterocycles. The molecule has 1 aliphatic heterocycles. The SMILES string of the molecule is CC1CN(C(=O)[C@@H](N)c2ccccc2)C(C)CO1. The Labute approximate surface area is 108 Å². The van der Waals surface area contributed by atoms with E-state index in [1.165, 1.54) is 0 Å². The molecule has 0 radical (unpaired) electrons. The predicted molar refractivity (Wildman–Crippen MR) is 70.0 cm³/mol. The first-order valence-electron chi connectivity index (χ1n) is 6.32. The lowest BCUT2D eigenvalue weighted by atomic mass is 10.0. The molecule has 0 aromatic heterocycles. The Morgan fingerprint density at radius 3 is 2.72 bits per heavy atom. The van der Waals surface area contributed by atoms with Crippen molar-refractivity contribution in [1.82, 2.24) is 4.90 Å². The van der Waals surface area contributed by atoms with Gasteiger partial charge in [-0.25, -0.2) is 0 Å². The van der Waals surface area contributed by atoms with E-state index in [1.807, 2.05) is 49.1 Å². The zero-order valence-corrected chi connectivity index (χ0v) is 10.9. The highest BCUT2D eigenvalue weighted by atomic mass is 16.5. The molecule has 0 aliphatic carbocycles. The lowest BCUT2D eigenvalue weighted by molar-refractivity contribution is -0.144. The van der Waals surface area contributed by atoms with Crippen LogP contribution in [0.2, 0.25) is 0 Å². The molecule has 2 N–H and O–H groups in total. The summed E-state index contributed by atoms with van der Waals surface area (Å²) in [6, 6.07) is 8.98. The summed E-state index contributed by atoms with van der Waals surface area (Å²) in [7, 11) is 0. The van der Waals surface area contributed by atoms with Crippen molar-refractivity contribution >= 4 is 5.91 Å². The molecule has 1 aromatic rings. The average Bonchev–Trinajstić information content (AvgIpc) is 2.41. The van der Waals surface area contributed by atoms with Crippen molar-refractivity contribution in [2.45, 2.75) is 32.0 Å². The Morgan fingerprint density at radius 2 is 2.06 bits per heavy atom. The number of hydrogen-bond acceptors (Lipinski definition) is 3. The third-order valence-electron chi connectivity index (χ3n) is 3.32. The summed E-state index contributed by atoms with van der Waals surface area (Å²) in [5.41, 5.74) is 6.90. The number of carbonyl (C=O) groups excluding carboxylic acids is 1. The van der Waals surface area contributed by atoms with E-state index in [9.17, 15) is 4.79 Å². The lowest BCUT2D eigenvalue weighted by Gasteiger charge is -2.38. The molecular formula is C14H20N2O2. The summed E-state index contributed by atoms with van der Waals surface area (Å²) < 4.78 is 5.52. The van der Waals surface area contributed by atoms with Crippen molar-refractivity contribution in [2.75, 3.05) is 13.2 Å². The molecule has 1 aliphatic rings. The van der Waals surface area contributed by atoms with E-state index in [0.29, 0.717) is 13.2 Å². The minimum absolute atomic E-state index is 0.0242. The van der Waals surface area contributed by atoms with Gasteiger partial charge in [-0.2, -0.15) is 0 Å². The molecule has 3 atom stereocenters. The molecule has 1 saturated heterocycles. The van der Waals surface area contributed by atoms with Gasteiger partial charge in [-0.1, -0.05) is 30.3 Å². The van der Waals surface area contributed by atoms with Crippen molar-refractivity contribution in [1.29, 1.82) is 0 Å². The lowest BCUT2D eigenvalue weighted by Crippen LogP contribution is -2.52. The molecule has 2 unspecified atom stereocenters. The van der Waals surface area contributed by atoms with E-state index in [4.69, 9.17) is 10.5 Å². The molecule has 1 fully saturated rings. The van der Waals surface area contributed by atoms with E-state index in [0.717, 1.165) is 5.56 Å². The maximum atomic E-state index is 12.4. The van der Waals surface area contributed by atoms with Crippen LogP contribution in [0.3, 0.4) is 0 Å². The molecule has 98 valence electrons. The van der Waals surface area contributed by atoms with Crippen molar-refractivity contribution in [3.63, 3.8) is 0 Å². The molecular weight excluding hydrogens is 228 g/mol. The molecule has 0 saturated carbocycles. The van der Waals surface area contributed by atoms with Gasteiger partial charge in [0.15, 0.2) is 0 Å². The van der Waals surface area contributed by atoms with E-state index < -0.39 is 6.04 Å². The molecule has 2 rings (SSSR count). The highest BCUT2D eigenvalue weighted by Crippen LogP contribution is 2.18. The summed E-state index contributed by atoms with van der Waals surface area (Å²) >= 11 is 0. The summed E-state index contributed by atoms with van der Waals surface area (Å²) in [5, 5.41) is 0. The molecule has 1 aromatic carbocycles. The van der Waals surface area contributed by atoms with Crippen molar-refractivity contribution in [2.24, 2.45) is 5.73 Å². The Balaban J connectivity index is 2.10. The van der Waals surface area contributed by atoms with Crippen LogP contribution in [0.5, 0.6) is 0 Å². The quantitative estimate of drug-likeness (QED) is 0.859. The fraction of sp³-hybridized carbons (Fsp3) is 0.500. The molecule has 1 amide bonds. The van der Waals surface area contributed by atoms with Crippen LogP contribution in [0.4, 0.5) is 0 Å². The Bertz CT molecular complexity index is 408. The minimum Gasteiger partial charge on any atom is -0.375 e. The van der Waals surface area contributed by atoms with Crippen LogP contribution in [0, 0.1) is 0 Å². The first-order valence-corrected chi connectivity index (χ1v) is 6.32. The number of benzene rings is 1. The topological polar surface area (TPSA) is 55.6 Å². The third-order valence-corrected chi connectivity index (χ3v) is 3.32. The minimum atomic E-state index is -0.584.